The Bertz CT molecular complexity index is 253. The van der Waals surface area contributed by atoms with Crippen LogP contribution in [0.3, 0.4) is 0 Å². The summed E-state index contributed by atoms with van der Waals surface area (Å²) < 4.78 is 0. The van der Waals surface area contributed by atoms with E-state index in [1.165, 1.54) is 0 Å². The molecule has 0 aromatic carbocycles. The van der Waals surface area contributed by atoms with Crippen molar-refractivity contribution in [2.75, 3.05) is 0 Å². The van der Waals surface area contributed by atoms with Gasteiger partial charge >= 0.3 is 5.97 Å². The molecule has 4 nitrogen and oxygen atoms in total. The minimum absolute atomic E-state index is 0.178. The summed E-state index contributed by atoms with van der Waals surface area (Å²) in [6, 6.07) is 0. The lowest BCUT2D eigenvalue weighted by molar-refractivity contribution is -0.142. The van der Waals surface area contributed by atoms with E-state index in [1.54, 1.807) is 0 Å². The number of carboxylic acids is 1. The summed E-state index contributed by atoms with van der Waals surface area (Å²) >= 11 is 0. The molecule has 0 aliphatic carbocycles. The quantitative estimate of drug-likeness (QED) is 0.492. The lowest BCUT2D eigenvalue weighted by Gasteiger charge is -2.15. The van der Waals surface area contributed by atoms with Crippen LogP contribution in [0.25, 0.3) is 0 Å². The molecule has 1 fully saturated rings. The van der Waals surface area contributed by atoms with Gasteiger partial charge in [0.1, 0.15) is 0 Å². The molecule has 1 unspecified atom stereocenters. The third-order valence-corrected chi connectivity index (χ3v) is 1.69. The number of aliphatic carboxylic acids is 1. The summed E-state index contributed by atoms with van der Waals surface area (Å²) in [7, 11) is 0. The molecular weight excluding hydrogens is 146 g/mol. The maximum absolute atomic E-state index is 10.7. The second-order valence-corrected chi connectivity index (χ2v) is 2.40. The first-order valence-electron chi connectivity index (χ1n) is 3.13. The molecule has 1 atom stereocenters. The van der Waals surface area contributed by atoms with Crippen molar-refractivity contribution in [1.82, 2.24) is 5.32 Å². The van der Waals surface area contributed by atoms with Crippen molar-refractivity contribution >= 4 is 11.9 Å². The maximum atomic E-state index is 10.7. The Labute approximate surface area is 63.6 Å². The molecular formula is C7H7NO3. The SMILES string of the molecule is C#CC1(C(=O)O)CCC(=O)N1. The van der Waals surface area contributed by atoms with E-state index in [2.05, 4.69) is 11.2 Å². The highest BCUT2D eigenvalue weighted by Gasteiger charge is 2.43. The van der Waals surface area contributed by atoms with Crippen LogP contribution in [0, 0.1) is 12.3 Å². The van der Waals surface area contributed by atoms with E-state index in [-0.39, 0.29) is 18.7 Å². The molecule has 58 valence electrons. The lowest BCUT2D eigenvalue weighted by Crippen LogP contribution is -2.47. The van der Waals surface area contributed by atoms with Crippen molar-refractivity contribution in [2.24, 2.45) is 0 Å². The van der Waals surface area contributed by atoms with Crippen LogP contribution in [0.4, 0.5) is 0 Å². The summed E-state index contributed by atoms with van der Waals surface area (Å²) in [5, 5.41) is 10.9. The van der Waals surface area contributed by atoms with Gasteiger partial charge in [0.15, 0.2) is 5.54 Å². The number of hydrogen-bond donors (Lipinski definition) is 2. The predicted octanol–water partition coefficient (Wildman–Crippen LogP) is -0.647. The second kappa shape index (κ2) is 2.27. The van der Waals surface area contributed by atoms with Gasteiger partial charge in [0.05, 0.1) is 0 Å². The highest BCUT2D eigenvalue weighted by atomic mass is 16.4. The van der Waals surface area contributed by atoms with Gasteiger partial charge in [0.2, 0.25) is 5.91 Å². The summed E-state index contributed by atoms with van der Waals surface area (Å²) in [6.45, 7) is 0. The fourth-order valence-electron chi connectivity index (χ4n) is 0.994. The monoisotopic (exact) mass is 153 g/mol. The molecule has 1 aliphatic rings. The Morgan fingerprint density at radius 1 is 1.82 bits per heavy atom. The van der Waals surface area contributed by atoms with Crippen LogP contribution in [-0.4, -0.2) is 22.5 Å². The Balaban J connectivity index is 2.89. The van der Waals surface area contributed by atoms with Gasteiger partial charge in [-0.25, -0.2) is 4.79 Å². The van der Waals surface area contributed by atoms with Crippen LogP contribution >= 0.6 is 0 Å². The summed E-state index contributed by atoms with van der Waals surface area (Å²) in [4.78, 5) is 21.2. The van der Waals surface area contributed by atoms with E-state index in [0.717, 1.165) is 0 Å². The van der Waals surface area contributed by atoms with Gasteiger partial charge in [-0.2, -0.15) is 0 Å². The van der Waals surface area contributed by atoms with Crippen molar-refractivity contribution in [3.63, 3.8) is 0 Å². The van der Waals surface area contributed by atoms with Gasteiger partial charge in [-0.1, -0.05) is 5.92 Å². The van der Waals surface area contributed by atoms with Crippen molar-refractivity contribution in [3.8, 4) is 12.3 Å². The minimum atomic E-state index is -1.45. The standard InChI is InChI=1S/C7H7NO3/c1-2-7(6(10)11)4-3-5(9)8-7/h1H,3-4H2,(H,8,9)(H,10,11). The van der Waals surface area contributed by atoms with E-state index in [9.17, 15) is 9.59 Å². The molecule has 0 aromatic rings. The van der Waals surface area contributed by atoms with Gasteiger partial charge in [-0.15, -0.1) is 6.42 Å². The number of carboxylic acid groups (broad SMARTS) is 1. The zero-order chi connectivity index (χ0) is 8.48. The number of terminal acetylenes is 1. The first kappa shape index (κ1) is 7.61. The van der Waals surface area contributed by atoms with E-state index >= 15 is 0 Å². The molecule has 1 heterocycles. The van der Waals surface area contributed by atoms with Crippen LogP contribution in [-0.2, 0) is 9.59 Å². The molecule has 11 heavy (non-hydrogen) atoms. The van der Waals surface area contributed by atoms with E-state index in [0.29, 0.717) is 0 Å². The first-order valence-corrected chi connectivity index (χ1v) is 3.13. The van der Waals surface area contributed by atoms with Crippen molar-refractivity contribution in [2.45, 2.75) is 18.4 Å². The highest BCUT2D eigenvalue weighted by molar-refractivity contribution is 5.93. The Hall–Kier alpha value is -1.50. The molecule has 2 N–H and O–H groups in total. The third kappa shape index (κ3) is 1.05. The molecule has 0 spiro atoms. The maximum Gasteiger partial charge on any atom is 0.342 e. The van der Waals surface area contributed by atoms with Crippen LogP contribution in [0.2, 0.25) is 0 Å². The summed E-state index contributed by atoms with van der Waals surface area (Å²) in [6.07, 6.45) is 5.36. The average molecular weight is 153 g/mol. The molecule has 1 amide bonds. The van der Waals surface area contributed by atoms with Crippen LogP contribution < -0.4 is 5.32 Å². The van der Waals surface area contributed by atoms with Crippen LogP contribution in [0.5, 0.6) is 0 Å². The number of amides is 1. The topological polar surface area (TPSA) is 66.4 Å². The number of carbonyl (C=O) groups is 2. The van der Waals surface area contributed by atoms with E-state index in [1.807, 2.05) is 0 Å². The molecule has 1 rings (SSSR count). The van der Waals surface area contributed by atoms with Crippen molar-refractivity contribution in [1.29, 1.82) is 0 Å². The fourth-order valence-corrected chi connectivity index (χ4v) is 0.994. The Morgan fingerprint density at radius 3 is 2.64 bits per heavy atom. The highest BCUT2D eigenvalue weighted by Crippen LogP contribution is 2.18. The van der Waals surface area contributed by atoms with Gasteiger partial charge in [0, 0.05) is 12.8 Å². The minimum Gasteiger partial charge on any atom is -0.479 e. The van der Waals surface area contributed by atoms with Gasteiger partial charge in [0.25, 0.3) is 0 Å². The molecule has 0 radical (unpaired) electrons. The zero-order valence-corrected chi connectivity index (χ0v) is 5.76. The van der Waals surface area contributed by atoms with Crippen molar-refractivity contribution in [3.05, 3.63) is 0 Å². The summed E-state index contributed by atoms with van der Waals surface area (Å²) in [5.74, 6) is 0.614. The Kier molecular flexibility index (Phi) is 1.57. The predicted molar refractivity (Wildman–Crippen MR) is 36.6 cm³/mol. The molecule has 4 heteroatoms. The molecule has 0 bridgehead atoms. The first-order chi connectivity index (χ1) is 5.10. The molecule has 0 aromatic heterocycles. The number of nitrogens with one attached hydrogen (secondary N) is 1. The van der Waals surface area contributed by atoms with Gasteiger partial charge < -0.3 is 10.4 Å². The Morgan fingerprint density at radius 2 is 2.45 bits per heavy atom. The lowest BCUT2D eigenvalue weighted by atomic mass is 9.99. The molecule has 0 saturated carbocycles. The van der Waals surface area contributed by atoms with Crippen LogP contribution in [0.15, 0.2) is 0 Å². The average Bonchev–Trinajstić information content (AvgIpc) is 2.33. The largest absolute Gasteiger partial charge is 0.479 e. The van der Waals surface area contributed by atoms with E-state index < -0.39 is 11.5 Å². The second-order valence-electron chi connectivity index (χ2n) is 2.40. The van der Waals surface area contributed by atoms with Gasteiger partial charge in [-0.3, -0.25) is 4.79 Å². The molecule has 1 saturated heterocycles. The number of carbonyl (C=O) groups excluding carboxylic acids is 1. The smallest absolute Gasteiger partial charge is 0.342 e. The third-order valence-electron chi connectivity index (χ3n) is 1.69. The number of rotatable bonds is 1. The fraction of sp³-hybridized carbons (Fsp3) is 0.429. The molecule has 1 aliphatic heterocycles. The van der Waals surface area contributed by atoms with E-state index in [4.69, 9.17) is 11.5 Å². The van der Waals surface area contributed by atoms with Gasteiger partial charge in [-0.05, 0) is 0 Å². The zero-order valence-electron chi connectivity index (χ0n) is 5.76. The number of hydrogen-bond acceptors (Lipinski definition) is 2. The van der Waals surface area contributed by atoms with Crippen molar-refractivity contribution < 1.29 is 14.7 Å². The normalized spacial score (nSPS) is 29.2. The van der Waals surface area contributed by atoms with Crippen LogP contribution in [0.1, 0.15) is 12.8 Å². The summed E-state index contributed by atoms with van der Waals surface area (Å²) in [5.41, 5.74) is -1.45.